The number of nitrogens with zero attached hydrogens (tertiary/aromatic N) is 4. The van der Waals surface area contributed by atoms with E-state index in [9.17, 15) is 0 Å². The summed E-state index contributed by atoms with van der Waals surface area (Å²) in [6.07, 6.45) is 4.90. The second-order valence-corrected chi connectivity index (χ2v) is 3.57. The highest BCUT2D eigenvalue weighted by molar-refractivity contribution is 5.56. The van der Waals surface area contributed by atoms with Gasteiger partial charge in [-0.15, -0.1) is 0 Å². The van der Waals surface area contributed by atoms with Crippen LogP contribution < -0.4 is 11.1 Å². The smallest absolute Gasteiger partial charge is 0.126 e. The third-order valence-electron chi connectivity index (χ3n) is 2.48. The van der Waals surface area contributed by atoms with Gasteiger partial charge in [-0.25, -0.2) is 0 Å². The molecule has 0 saturated heterocycles. The molecule has 0 aliphatic rings. The van der Waals surface area contributed by atoms with Crippen molar-refractivity contribution in [2.45, 2.75) is 6.54 Å². The molecule has 86 valence electrons. The van der Waals surface area contributed by atoms with Crippen molar-refractivity contribution >= 4 is 11.5 Å². The van der Waals surface area contributed by atoms with E-state index in [4.69, 9.17) is 11.0 Å². The van der Waals surface area contributed by atoms with Gasteiger partial charge in [-0.3, -0.25) is 9.67 Å². The van der Waals surface area contributed by atoms with Gasteiger partial charge in [0.1, 0.15) is 11.9 Å². The Morgan fingerprint density at radius 1 is 1.53 bits per heavy atom. The van der Waals surface area contributed by atoms with Crippen molar-refractivity contribution in [1.29, 1.82) is 5.26 Å². The summed E-state index contributed by atoms with van der Waals surface area (Å²) in [4.78, 5) is 3.97. The maximum absolute atomic E-state index is 8.92. The number of pyridine rings is 1. The van der Waals surface area contributed by atoms with Gasteiger partial charge in [-0.05, 0) is 6.07 Å². The van der Waals surface area contributed by atoms with Gasteiger partial charge in [0.2, 0.25) is 0 Å². The van der Waals surface area contributed by atoms with E-state index in [1.807, 2.05) is 0 Å². The van der Waals surface area contributed by atoms with E-state index < -0.39 is 0 Å². The average molecular weight is 228 g/mol. The normalized spacial score (nSPS) is 9.88. The molecule has 0 radical (unpaired) electrons. The fourth-order valence-corrected chi connectivity index (χ4v) is 1.45. The lowest BCUT2D eigenvalue weighted by atomic mass is 10.2. The standard InChI is InChI=1S/C11H12N6/c1-17-11(13)9(6-16-17)5-15-10-7-14-3-2-8(10)4-12/h2-3,6-7,15H,5,13H2,1H3. The Hall–Kier alpha value is -2.55. The van der Waals surface area contributed by atoms with E-state index in [2.05, 4.69) is 21.5 Å². The molecule has 0 bridgehead atoms. The number of nitrogens with one attached hydrogen (secondary N) is 1. The molecule has 3 N–H and O–H groups in total. The zero-order valence-electron chi connectivity index (χ0n) is 9.38. The molecular formula is C11H12N6. The highest BCUT2D eigenvalue weighted by Gasteiger charge is 2.06. The molecular weight excluding hydrogens is 216 g/mol. The van der Waals surface area contributed by atoms with Gasteiger partial charge >= 0.3 is 0 Å². The van der Waals surface area contributed by atoms with Crippen LogP contribution in [0.25, 0.3) is 0 Å². The first-order valence-electron chi connectivity index (χ1n) is 5.06. The van der Waals surface area contributed by atoms with Gasteiger partial charge in [0.15, 0.2) is 0 Å². The number of anilines is 2. The molecule has 0 fully saturated rings. The number of nitrogens with two attached hydrogens (primary N) is 1. The maximum atomic E-state index is 8.92. The quantitative estimate of drug-likeness (QED) is 0.813. The lowest BCUT2D eigenvalue weighted by Gasteiger charge is -2.06. The first kappa shape index (κ1) is 11.0. The number of hydrogen-bond acceptors (Lipinski definition) is 5. The molecule has 0 unspecified atom stereocenters. The van der Waals surface area contributed by atoms with Crippen molar-refractivity contribution in [3.8, 4) is 6.07 Å². The number of rotatable bonds is 3. The summed E-state index contributed by atoms with van der Waals surface area (Å²) in [6.45, 7) is 0.514. The number of aromatic nitrogens is 3. The van der Waals surface area contributed by atoms with Crippen LogP contribution in [0.5, 0.6) is 0 Å². The first-order valence-corrected chi connectivity index (χ1v) is 5.06. The van der Waals surface area contributed by atoms with Crippen molar-refractivity contribution in [3.63, 3.8) is 0 Å². The zero-order valence-corrected chi connectivity index (χ0v) is 9.38. The number of nitriles is 1. The minimum absolute atomic E-state index is 0.514. The SMILES string of the molecule is Cn1ncc(CNc2cnccc2C#N)c1N. The minimum atomic E-state index is 0.514. The van der Waals surface area contributed by atoms with Crippen molar-refractivity contribution in [1.82, 2.24) is 14.8 Å². The van der Waals surface area contributed by atoms with E-state index in [1.54, 1.807) is 36.4 Å². The van der Waals surface area contributed by atoms with Gasteiger partial charge < -0.3 is 11.1 Å². The molecule has 0 aliphatic heterocycles. The van der Waals surface area contributed by atoms with Crippen LogP contribution in [0.15, 0.2) is 24.7 Å². The van der Waals surface area contributed by atoms with E-state index in [-0.39, 0.29) is 0 Å². The Morgan fingerprint density at radius 3 is 3.00 bits per heavy atom. The molecule has 0 atom stereocenters. The fraction of sp³-hybridized carbons (Fsp3) is 0.182. The monoisotopic (exact) mass is 228 g/mol. The van der Waals surface area contributed by atoms with Crippen LogP contribution in [0, 0.1) is 11.3 Å². The van der Waals surface area contributed by atoms with E-state index in [0.717, 1.165) is 5.56 Å². The minimum Gasteiger partial charge on any atom is -0.384 e. The Labute approximate surface area is 98.7 Å². The molecule has 0 amide bonds. The van der Waals surface area contributed by atoms with Gasteiger partial charge in [0.05, 0.1) is 23.6 Å². The molecule has 2 heterocycles. The molecule has 6 heteroatoms. The number of aryl methyl sites for hydroxylation is 1. The summed E-state index contributed by atoms with van der Waals surface area (Å²) in [5.74, 6) is 0.611. The average Bonchev–Trinajstić information content (AvgIpc) is 2.68. The van der Waals surface area contributed by atoms with E-state index >= 15 is 0 Å². The highest BCUT2D eigenvalue weighted by Crippen LogP contribution is 2.15. The second-order valence-electron chi connectivity index (χ2n) is 3.57. The Kier molecular flexibility index (Phi) is 2.92. The van der Waals surface area contributed by atoms with Crippen LogP contribution in [0.2, 0.25) is 0 Å². The molecule has 2 rings (SSSR count). The molecule has 0 aliphatic carbocycles. The van der Waals surface area contributed by atoms with Crippen LogP contribution in [0.4, 0.5) is 11.5 Å². The molecule has 2 aromatic rings. The summed E-state index contributed by atoms with van der Waals surface area (Å²) in [5, 5.41) is 16.1. The molecule has 0 aromatic carbocycles. The Morgan fingerprint density at radius 2 is 2.35 bits per heavy atom. The van der Waals surface area contributed by atoms with Crippen LogP contribution in [0.1, 0.15) is 11.1 Å². The van der Waals surface area contributed by atoms with E-state index in [0.29, 0.717) is 23.6 Å². The van der Waals surface area contributed by atoms with E-state index in [1.165, 1.54) is 0 Å². The summed E-state index contributed by atoms with van der Waals surface area (Å²) in [5.41, 5.74) is 7.96. The summed E-state index contributed by atoms with van der Waals surface area (Å²) < 4.78 is 1.60. The number of hydrogen-bond donors (Lipinski definition) is 2. The molecule has 17 heavy (non-hydrogen) atoms. The highest BCUT2D eigenvalue weighted by atomic mass is 15.3. The molecule has 2 aromatic heterocycles. The predicted octanol–water partition coefficient (Wildman–Crippen LogP) is 0.881. The van der Waals surface area contributed by atoms with Crippen molar-refractivity contribution < 1.29 is 0 Å². The summed E-state index contributed by atoms with van der Waals surface area (Å²) in [7, 11) is 1.78. The van der Waals surface area contributed by atoms with Crippen molar-refractivity contribution in [2.24, 2.45) is 7.05 Å². The molecule has 0 saturated carbocycles. The maximum Gasteiger partial charge on any atom is 0.126 e. The third-order valence-corrected chi connectivity index (χ3v) is 2.48. The lowest BCUT2D eigenvalue weighted by molar-refractivity contribution is 0.778. The third kappa shape index (κ3) is 2.18. The lowest BCUT2D eigenvalue weighted by Crippen LogP contribution is -2.05. The van der Waals surface area contributed by atoms with Crippen LogP contribution in [-0.4, -0.2) is 14.8 Å². The summed E-state index contributed by atoms with van der Waals surface area (Å²) >= 11 is 0. The van der Waals surface area contributed by atoms with Crippen LogP contribution >= 0.6 is 0 Å². The number of nitrogen functional groups attached to an aromatic ring is 1. The zero-order chi connectivity index (χ0) is 12.3. The molecule has 6 nitrogen and oxygen atoms in total. The van der Waals surface area contributed by atoms with Gasteiger partial charge in [0.25, 0.3) is 0 Å². The second kappa shape index (κ2) is 4.53. The van der Waals surface area contributed by atoms with Crippen molar-refractivity contribution in [3.05, 3.63) is 35.8 Å². The predicted molar refractivity (Wildman–Crippen MR) is 63.9 cm³/mol. The Balaban J connectivity index is 2.13. The van der Waals surface area contributed by atoms with Crippen LogP contribution in [-0.2, 0) is 13.6 Å². The largest absolute Gasteiger partial charge is 0.384 e. The van der Waals surface area contributed by atoms with Crippen molar-refractivity contribution in [2.75, 3.05) is 11.1 Å². The summed E-state index contributed by atoms with van der Waals surface area (Å²) in [6, 6.07) is 3.76. The van der Waals surface area contributed by atoms with Gasteiger partial charge in [-0.1, -0.05) is 0 Å². The van der Waals surface area contributed by atoms with Gasteiger partial charge in [0, 0.05) is 25.4 Å². The first-order chi connectivity index (χ1) is 8.22. The topological polar surface area (TPSA) is 92.5 Å². The van der Waals surface area contributed by atoms with Gasteiger partial charge in [-0.2, -0.15) is 10.4 Å². The Bertz CT molecular complexity index is 566. The van der Waals surface area contributed by atoms with Crippen LogP contribution in [0.3, 0.4) is 0 Å². The molecule has 0 spiro atoms. The fourth-order valence-electron chi connectivity index (χ4n) is 1.45.